The Bertz CT molecular complexity index is 3790. The minimum Gasteiger partial charge on any atom is -0.436 e. The molecule has 13 rings (SSSR count). The molecular weight excluding hydrogens is 826 g/mol. The average Bonchev–Trinajstić information content (AvgIpc) is 4.01. The van der Waals surface area contributed by atoms with Crippen molar-refractivity contribution in [3.05, 3.63) is 179 Å². The van der Waals surface area contributed by atoms with Gasteiger partial charge in [0.2, 0.25) is 5.89 Å². The summed E-state index contributed by atoms with van der Waals surface area (Å²) in [6, 6.07) is 54.5. The van der Waals surface area contributed by atoms with E-state index >= 15 is 0 Å². The summed E-state index contributed by atoms with van der Waals surface area (Å²) in [6.45, 7) is 23.3. The Morgan fingerprint density at radius 1 is 0.544 bits per heavy atom. The van der Waals surface area contributed by atoms with Crippen LogP contribution in [0.2, 0.25) is 0 Å². The van der Waals surface area contributed by atoms with Gasteiger partial charge in [0.1, 0.15) is 5.52 Å². The SMILES string of the molecule is CC(C)(C)c1ccc(Nc2cc3c(cc2-c2ccc4c5cc6c(cc5n5c4c2[B]c2cc4nc(-c7ccccc7)oc4cc2-5)-c2ccccc2C6(C)C)-c2ccc(C(C)(C)C)cc2C3(C)C)cc1. The normalized spacial score (nSPS) is 15.0. The molecule has 8 aromatic carbocycles. The standard InChI is InChI=1S/C63H55BN3O/c1-60(2,3)36-20-23-38(24-21-36)65-52-32-50-43(40-25-22-37(61(4,5)6)28-48(40)63(50,9)10)29-45(52)41-26-27-42-46-30-49-44(39-18-14-15-19-47(39)62(49,7)8)31-54(46)67-55-34-56-53(33-51(55)64-57(41)58(42)67)66-59(68-56)35-16-12-11-13-17-35/h11-34,65H,1-10H3. The molecule has 1 aliphatic heterocycles. The number of anilines is 2. The first-order valence-electron chi connectivity index (χ1n) is 24.3. The van der Waals surface area contributed by atoms with Crippen LogP contribution >= 0.6 is 0 Å². The molecule has 5 heteroatoms. The first kappa shape index (κ1) is 41.1. The second-order valence-electron chi connectivity index (χ2n) is 22.8. The van der Waals surface area contributed by atoms with Crippen LogP contribution < -0.4 is 16.2 Å². The molecule has 3 heterocycles. The molecule has 1 N–H and O–H groups in total. The summed E-state index contributed by atoms with van der Waals surface area (Å²) in [4.78, 5) is 5.09. The minimum atomic E-state index is -0.193. The van der Waals surface area contributed by atoms with E-state index in [1.807, 2.05) is 18.2 Å². The second kappa shape index (κ2) is 13.8. The molecule has 68 heavy (non-hydrogen) atoms. The highest BCUT2D eigenvalue weighted by Gasteiger charge is 2.40. The van der Waals surface area contributed by atoms with Gasteiger partial charge in [0.05, 0.1) is 5.52 Å². The van der Waals surface area contributed by atoms with Crippen LogP contribution in [0.15, 0.2) is 150 Å². The topological polar surface area (TPSA) is 43.0 Å². The minimum absolute atomic E-state index is 0.0413. The molecule has 331 valence electrons. The lowest BCUT2D eigenvalue weighted by Crippen LogP contribution is -2.37. The number of hydrogen-bond donors (Lipinski definition) is 1. The molecule has 10 aromatic rings. The Kier molecular flexibility index (Phi) is 8.32. The number of nitrogens with one attached hydrogen (secondary N) is 1. The Morgan fingerprint density at radius 2 is 1.19 bits per heavy atom. The highest BCUT2D eigenvalue weighted by atomic mass is 16.3. The molecule has 0 spiro atoms. The molecule has 2 aliphatic carbocycles. The number of hydrogen-bond acceptors (Lipinski definition) is 3. The Balaban J connectivity index is 1.09. The van der Waals surface area contributed by atoms with E-state index in [-0.39, 0.29) is 21.7 Å². The third-order valence-electron chi connectivity index (χ3n) is 15.8. The fourth-order valence-electron chi connectivity index (χ4n) is 11.9. The van der Waals surface area contributed by atoms with Crippen LogP contribution in [-0.4, -0.2) is 16.8 Å². The monoisotopic (exact) mass is 880 g/mol. The molecule has 0 amide bonds. The van der Waals surface area contributed by atoms with Crippen LogP contribution in [-0.2, 0) is 21.7 Å². The van der Waals surface area contributed by atoms with Crippen LogP contribution in [0.1, 0.15) is 103 Å². The predicted molar refractivity (Wildman–Crippen MR) is 286 cm³/mol. The molecule has 4 nitrogen and oxygen atoms in total. The van der Waals surface area contributed by atoms with Gasteiger partial charge in [-0.2, -0.15) is 0 Å². The number of fused-ring (bicyclic) bond motifs is 12. The molecule has 0 fully saturated rings. The van der Waals surface area contributed by atoms with Crippen molar-refractivity contribution in [2.24, 2.45) is 0 Å². The lowest BCUT2D eigenvalue weighted by molar-refractivity contribution is 0.584. The quantitative estimate of drug-likeness (QED) is 0.179. The summed E-state index contributed by atoms with van der Waals surface area (Å²) < 4.78 is 9.12. The van der Waals surface area contributed by atoms with E-state index in [0.717, 1.165) is 39.2 Å². The van der Waals surface area contributed by atoms with Gasteiger partial charge in [-0.05, 0) is 132 Å². The molecule has 1 radical (unpaired) electrons. The van der Waals surface area contributed by atoms with Gasteiger partial charge in [-0.15, -0.1) is 0 Å². The number of aromatic nitrogens is 2. The van der Waals surface area contributed by atoms with E-state index in [4.69, 9.17) is 9.40 Å². The van der Waals surface area contributed by atoms with E-state index in [1.54, 1.807) is 0 Å². The van der Waals surface area contributed by atoms with Crippen molar-refractivity contribution in [1.82, 2.24) is 9.55 Å². The van der Waals surface area contributed by atoms with Crippen molar-refractivity contribution in [1.29, 1.82) is 0 Å². The maximum atomic E-state index is 6.60. The van der Waals surface area contributed by atoms with Crippen molar-refractivity contribution in [3.8, 4) is 50.5 Å². The summed E-state index contributed by atoms with van der Waals surface area (Å²) in [5.74, 6) is 0.627. The van der Waals surface area contributed by atoms with E-state index in [9.17, 15) is 0 Å². The number of benzene rings is 8. The largest absolute Gasteiger partial charge is 0.436 e. The third-order valence-corrected chi connectivity index (χ3v) is 15.8. The van der Waals surface area contributed by atoms with Crippen molar-refractivity contribution in [2.75, 3.05) is 5.32 Å². The van der Waals surface area contributed by atoms with E-state index < -0.39 is 0 Å². The lowest BCUT2D eigenvalue weighted by atomic mass is 9.59. The predicted octanol–water partition coefficient (Wildman–Crippen LogP) is 15.2. The van der Waals surface area contributed by atoms with Crippen molar-refractivity contribution < 1.29 is 4.42 Å². The molecule has 0 saturated heterocycles. The van der Waals surface area contributed by atoms with Gasteiger partial charge in [0, 0.05) is 61.4 Å². The highest BCUT2D eigenvalue weighted by Crippen LogP contribution is 2.54. The van der Waals surface area contributed by atoms with E-state index in [0.29, 0.717) is 5.89 Å². The van der Waals surface area contributed by atoms with Gasteiger partial charge < -0.3 is 14.3 Å². The molecule has 3 aliphatic rings. The first-order valence-corrected chi connectivity index (χ1v) is 24.3. The van der Waals surface area contributed by atoms with Crippen LogP contribution in [0.25, 0.3) is 83.4 Å². The molecule has 2 aromatic heterocycles. The van der Waals surface area contributed by atoms with Crippen molar-refractivity contribution in [3.63, 3.8) is 0 Å². The van der Waals surface area contributed by atoms with Gasteiger partial charge >= 0.3 is 0 Å². The summed E-state index contributed by atoms with van der Waals surface area (Å²) in [7, 11) is 2.41. The van der Waals surface area contributed by atoms with Crippen LogP contribution in [0.4, 0.5) is 11.4 Å². The van der Waals surface area contributed by atoms with Gasteiger partial charge in [-0.1, -0.05) is 160 Å². The second-order valence-corrected chi connectivity index (χ2v) is 22.8. The summed E-state index contributed by atoms with van der Waals surface area (Å²) >= 11 is 0. The van der Waals surface area contributed by atoms with Crippen molar-refractivity contribution in [2.45, 2.75) is 90.9 Å². The summed E-state index contributed by atoms with van der Waals surface area (Å²) in [5, 5.41) is 6.51. The van der Waals surface area contributed by atoms with E-state index in [2.05, 4.69) is 214 Å². The van der Waals surface area contributed by atoms with Crippen LogP contribution in [0, 0.1) is 0 Å². The zero-order valence-corrected chi connectivity index (χ0v) is 40.7. The number of nitrogens with zero attached hydrogens (tertiary/aromatic N) is 2. The fourth-order valence-corrected chi connectivity index (χ4v) is 11.9. The Morgan fingerprint density at radius 3 is 1.96 bits per heavy atom. The van der Waals surface area contributed by atoms with Crippen molar-refractivity contribution >= 4 is 62.5 Å². The maximum Gasteiger partial charge on any atom is 0.227 e. The molecular formula is C63H55BN3O. The van der Waals surface area contributed by atoms with Gasteiger partial charge in [-0.3, -0.25) is 0 Å². The fraction of sp³-hybridized carbons (Fsp3) is 0.222. The number of rotatable bonds is 4. The summed E-state index contributed by atoms with van der Waals surface area (Å²) in [6.07, 6.45) is 0. The Hall–Kier alpha value is -7.11. The van der Waals surface area contributed by atoms with Crippen LogP contribution in [0.3, 0.4) is 0 Å². The van der Waals surface area contributed by atoms with Gasteiger partial charge in [0.15, 0.2) is 12.9 Å². The van der Waals surface area contributed by atoms with E-state index in [1.165, 1.54) is 94.0 Å². The lowest BCUT2D eigenvalue weighted by Gasteiger charge is -2.26. The molecule has 0 bridgehead atoms. The molecule has 0 unspecified atom stereocenters. The zero-order chi connectivity index (χ0) is 46.8. The van der Waals surface area contributed by atoms with Gasteiger partial charge in [0.25, 0.3) is 0 Å². The third kappa shape index (κ3) is 5.84. The summed E-state index contributed by atoms with van der Waals surface area (Å²) in [5.41, 5.74) is 26.1. The first-order chi connectivity index (χ1) is 32.4. The smallest absolute Gasteiger partial charge is 0.227 e. The molecule has 0 atom stereocenters. The Labute approximate surface area is 400 Å². The van der Waals surface area contributed by atoms with Crippen LogP contribution in [0.5, 0.6) is 0 Å². The zero-order valence-electron chi connectivity index (χ0n) is 40.7. The average molecular weight is 881 g/mol. The number of oxazole rings is 1. The maximum absolute atomic E-state index is 6.60. The highest BCUT2D eigenvalue weighted by molar-refractivity contribution is 6.73. The van der Waals surface area contributed by atoms with Gasteiger partial charge in [-0.25, -0.2) is 4.98 Å². The molecule has 0 saturated carbocycles.